The Hall–Kier alpha value is -1.12. The van der Waals surface area contributed by atoms with Crippen molar-refractivity contribution >= 4 is 10.0 Å². The molecule has 1 saturated carbocycles. The van der Waals surface area contributed by atoms with Gasteiger partial charge in [0.2, 0.25) is 10.0 Å². The summed E-state index contributed by atoms with van der Waals surface area (Å²) in [6, 6.07) is 2.37. The van der Waals surface area contributed by atoms with Crippen molar-refractivity contribution in [2.24, 2.45) is 11.7 Å². The van der Waals surface area contributed by atoms with Gasteiger partial charge in [-0.05, 0) is 43.4 Å². The Labute approximate surface area is 121 Å². The molecule has 0 radical (unpaired) electrons. The molecule has 0 heterocycles. The van der Waals surface area contributed by atoms with Crippen LogP contribution in [0.2, 0.25) is 0 Å². The molecule has 1 fully saturated rings. The number of halogens is 3. The molecule has 0 spiro atoms. The van der Waals surface area contributed by atoms with Crippen LogP contribution in [0.1, 0.15) is 24.0 Å². The lowest BCUT2D eigenvalue weighted by Gasteiger charge is -2.15. The van der Waals surface area contributed by atoms with Crippen LogP contribution in [0.25, 0.3) is 0 Å². The van der Waals surface area contributed by atoms with Crippen LogP contribution in [-0.4, -0.2) is 21.0 Å². The summed E-state index contributed by atoms with van der Waals surface area (Å²) in [4.78, 5) is -0.361. The monoisotopic (exact) mass is 322 g/mol. The maximum absolute atomic E-state index is 12.7. The topological polar surface area (TPSA) is 72.2 Å². The largest absolute Gasteiger partial charge is 0.416 e. The third kappa shape index (κ3) is 3.96. The van der Waals surface area contributed by atoms with Gasteiger partial charge >= 0.3 is 6.18 Å². The van der Waals surface area contributed by atoms with E-state index in [2.05, 4.69) is 4.72 Å². The van der Waals surface area contributed by atoms with Crippen molar-refractivity contribution in [2.45, 2.75) is 36.9 Å². The van der Waals surface area contributed by atoms with Gasteiger partial charge in [-0.1, -0.05) is 6.07 Å². The minimum absolute atomic E-state index is 0.0304. The van der Waals surface area contributed by atoms with Gasteiger partial charge in [0, 0.05) is 12.6 Å². The third-order valence-electron chi connectivity index (χ3n) is 3.54. The summed E-state index contributed by atoms with van der Waals surface area (Å²) in [6.07, 6.45) is -2.65. The number of hydrogen-bond donors (Lipinski definition) is 2. The SMILES string of the molecule is Cc1ccc(C(F)(F)F)cc1S(=O)(=O)NCC(N)C1CC1. The predicted octanol–water partition coefficient (Wildman–Crippen LogP) is 2.03. The normalized spacial score (nSPS) is 17.8. The summed E-state index contributed by atoms with van der Waals surface area (Å²) in [5.74, 6) is 0.301. The van der Waals surface area contributed by atoms with Crippen molar-refractivity contribution in [3.05, 3.63) is 29.3 Å². The van der Waals surface area contributed by atoms with Crippen LogP contribution < -0.4 is 10.5 Å². The molecule has 0 amide bonds. The first-order chi connectivity index (χ1) is 9.61. The fraction of sp³-hybridized carbons (Fsp3) is 0.538. The molecule has 1 unspecified atom stereocenters. The van der Waals surface area contributed by atoms with Crippen LogP contribution in [0.5, 0.6) is 0 Å². The Bertz CT molecular complexity index is 625. The molecule has 21 heavy (non-hydrogen) atoms. The van der Waals surface area contributed by atoms with Crippen molar-refractivity contribution in [3.63, 3.8) is 0 Å². The van der Waals surface area contributed by atoms with Crippen LogP contribution in [0.3, 0.4) is 0 Å². The van der Waals surface area contributed by atoms with E-state index in [0.29, 0.717) is 12.0 Å². The summed E-state index contributed by atoms with van der Waals surface area (Å²) in [5, 5.41) is 0. The first kappa shape index (κ1) is 16.3. The summed E-state index contributed by atoms with van der Waals surface area (Å²) in [7, 11) is -4.00. The van der Waals surface area contributed by atoms with Crippen LogP contribution in [0.4, 0.5) is 13.2 Å². The number of aryl methyl sites for hydroxylation is 1. The van der Waals surface area contributed by atoms with Gasteiger partial charge in [-0.2, -0.15) is 13.2 Å². The van der Waals surface area contributed by atoms with E-state index in [1.165, 1.54) is 6.92 Å². The zero-order valence-corrected chi connectivity index (χ0v) is 12.3. The summed E-state index contributed by atoms with van der Waals surface area (Å²) in [5.41, 5.74) is 5.07. The number of alkyl halides is 3. The number of benzene rings is 1. The van der Waals surface area contributed by atoms with Crippen molar-refractivity contribution < 1.29 is 21.6 Å². The molecule has 118 valence electrons. The van der Waals surface area contributed by atoms with E-state index in [9.17, 15) is 21.6 Å². The molecule has 3 N–H and O–H groups in total. The van der Waals surface area contributed by atoms with Gasteiger partial charge in [-0.15, -0.1) is 0 Å². The Morgan fingerprint density at radius 1 is 1.38 bits per heavy atom. The third-order valence-corrected chi connectivity index (χ3v) is 5.11. The molecule has 1 atom stereocenters. The van der Waals surface area contributed by atoms with Crippen molar-refractivity contribution in [2.75, 3.05) is 6.54 Å². The zero-order valence-electron chi connectivity index (χ0n) is 11.4. The van der Waals surface area contributed by atoms with Crippen molar-refractivity contribution in [1.82, 2.24) is 4.72 Å². The molecule has 1 aromatic rings. The van der Waals surface area contributed by atoms with E-state index in [4.69, 9.17) is 5.73 Å². The highest BCUT2D eigenvalue weighted by Gasteiger charge is 2.33. The fourth-order valence-electron chi connectivity index (χ4n) is 2.04. The van der Waals surface area contributed by atoms with E-state index in [1.54, 1.807) is 0 Å². The second-order valence-electron chi connectivity index (χ2n) is 5.33. The van der Waals surface area contributed by atoms with E-state index in [0.717, 1.165) is 25.0 Å². The first-order valence-electron chi connectivity index (χ1n) is 6.54. The van der Waals surface area contributed by atoms with Crippen molar-refractivity contribution in [1.29, 1.82) is 0 Å². The molecule has 0 bridgehead atoms. The highest BCUT2D eigenvalue weighted by atomic mass is 32.2. The molecule has 8 heteroatoms. The molecule has 0 saturated heterocycles. The number of sulfonamides is 1. The Balaban J connectivity index is 2.22. The fourth-order valence-corrected chi connectivity index (χ4v) is 3.38. The number of nitrogens with two attached hydrogens (primary N) is 1. The second-order valence-corrected chi connectivity index (χ2v) is 7.07. The van der Waals surface area contributed by atoms with E-state index in [1.807, 2.05) is 0 Å². The lowest BCUT2D eigenvalue weighted by Crippen LogP contribution is -2.38. The smallest absolute Gasteiger partial charge is 0.326 e. The molecule has 1 aromatic carbocycles. The molecule has 0 aromatic heterocycles. The molecule has 2 rings (SSSR count). The summed E-state index contributed by atoms with van der Waals surface area (Å²) < 4.78 is 64.6. The quantitative estimate of drug-likeness (QED) is 0.871. The number of nitrogens with one attached hydrogen (secondary N) is 1. The maximum atomic E-state index is 12.7. The highest BCUT2D eigenvalue weighted by Crippen LogP contribution is 2.32. The van der Waals surface area contributed by atoms with Crippen LogP contribution in [0.15, 0.2) is 23.1 Å². The van der Waals surface area contributed by atoms with Gasteiger partial charge in [0.1, 0.15) is 0 Å². The van der Waals surface area contributed by atoms with Crippen LogP contribution in [0, 0.1) is 12.8 Å². The van der Waals surface area contributed by atoms with Gasteiger partial charge in [0.15, 0.2) is 0 Å². The minimum atomic E-state index is -4.58. The molecule has 1 aliphatic rings. The molecular formula is C13H17F3N2O2S. The predicted molar refractivity (Wildman–Crippen MR) is 72.1 cm³/mol. The molecule has 4 nitrogen and oxygen atoms in total. The van der Waals surface area contributed by atoms with Crippen molar-refractivity contribution in [3.8, 4) is 0 Å². The van der Waals surface area contributed by atoms with Gasteiger partial charge in [-0.25, -0.2) is 13.1 Å². The maximum Gasteiger partial charge on any atom is 0.416 e. The summed E-state index contributed by atoms with van der Waals surface area (Å²) in [6.45, 7) is 1.48. The van der Waals surface area contributed by atoms with Crippen LogP contribution in [-0.2, 0) is 16.2 Å². The number of hydrogen-bond acceptors (Lipinski definition) is 3. The molecular weight excluding hydrogens is 305 g/mol. The van der Waals surface area contributed by atoms with Gasteiger partial charge in [0.25, 0.3) is 0 Å². The van der Waals surface area contributed by atoms with E-state index in [-0.39, 0.29) is 23.0 Å². The van der Waals surface area contributed by atoms with Crippen LogP contribution >= 0.6 is 0 Å². The lowest BCUT2D eigenvalue weighted by molar-refractivity contribution is -0.137. The van der Waals surface area contributed by atoms with Gasteiger partial charge in [-0.3, -0.25) is 0 Å². The van der Waals surface area contributed by atoms with Gasteiger partial charge < -0.3 is 5.73 Å². The average Bonchev–Trinajstić information content (AvgIpc) is 3.19. The highest BCUT2D eigenvalue weighted by molar-refractivity contribution is 7.89. The minimum Gasteiger partial charge on any atom is -0.326 e. The van der Waals surface area contributed by atoms with E-state index >= 15 is 0 Å². The summed E-state index contributed by atoms with van der Waals surface area (Å²) >= 11 is 0. The Morgan fingerprint density at radius 3 is 2.52 bits per heavy atom. The zero-order chi connectivity index (χ0) is 15.8. The first-order valence-corrected chi connectivity index (χ1v) is 8.02. The average molecular weight is 322 g/mol. The second kappa shape index (κ2) is 5.58. The van der Waals surface area contributed by atoms with E-state index < -0.39 is 21.8 Å². The standard InChI is InChI=1S/C13H17F3N2O2S/c1-8-2-5-10(13(14,15)16)6-12(8)21(19,20)18-7-11(17)9-3-4-9/h2,5-6,9,11,18H,3-4,7,17H2,1H3. The van der Waals surface area contributed by atoms with Gasteiger partial charge in [0.05, 0.1) is 10.5 Å². The molecule has 1 aliphatic carbocycles. The molecule has 0 aliphatic heterocycles. The Morgan fingerprint density at radius 2 is 2.00 bits per heavy atom. The number of rotatable bonds is 5. The Kier molecular flexibility index (Phi) is 4.32. The lowest BCUT2D eigenvalue weighted by atomic mass is 10.1.